The number of nitrogens with one attached hydrogen (secondary N) is 1. The van der Waals surface area contributed by atoms with Gasteiger partial charge in [0.15, 0.2) is 11.6 Å². The topological polar surface area (TPSA) is 96.0 Å². The third kappa shape index (κ3) is 3.73. The maximum Gasteiger partial charge on any atom is 0.255 e. The van der Waals surface area contributed by atoms with Crippen molar-refractivity contribution in [3.8, 4) is 6.07 Å². The van der Waals surface area contributed by atoms with Crippen LogP contribution in [0.15, 0.2) is 42.5 Å². The highest BCUT2D eigenvalue weighted by atomic mass is 19.2. The summed E-state index contributed by atoms with van der Waals surface area (Å²) >= 11 is 0. The van der Waals surface area contributed by atoms with Gasteiger partial charge in [-0.15, -0.1) is 0 Å². The lowest BCUT2D eigenvalue weighted by molar-refractivity contribution is -0.119. The second kappa shape index (κ2) is 7.33. The Morgan fingerprint density at radius 3 is 2.54 bits per heavy atom. The van der Waals surface area contributed by atoms with Crippen LogP contribution in [0.25, 0.3) is 0 Å². The molecule has 0 fully saturated rings. The lowest BCUT2D eigenvalue weighted by Crippen LogP contribution is -2.46. The van der Waals surface area contributed by atoms with Crippen LogP contribution in [-0.2, 0) is 11.2 Å². The average Bonchev–Trinajstić information content (AvgIpc) is 2.57. The predicted molar refractivity (Wildman–Crippen MR) is 81.7 cm³/mol. The smallest absolute Gasteiger partial charge is 0.255 e. The zero-order valence-electron chi connectivity index (χ0n) is 12.4. The van der Waals surface area contributed by atoms with Gasteiger partial charge in [0.05, 0.1) is 17.2 Å². The molecule has 1 atom stereocenters. The third-order valence-corrected chi connectivity index (χ3v) is 3.41. The number of rotatable bonds is 5. The number of hydrogen-bond acceptors (Lipinski definition) is 3. The van der Waals surface area contributed by atoms with Crippen LogP contribution in [-0.4, -0.2) is 17.9 Å². The van der Waals surface area contributed by atoms with Gasteiger partial charge in [0, 0.05) is 6.42 Å². The molecular weight excluding hydrogens is 316 g/mol. The zero-order valence-corrected chi connectivity index (χ0v) is 12.4. The first-order chi connectivity index (χ1) is 11.4. The van der Waals surface area contributed by atoms with E-state index in [0.29, 0.717) is 11.1 Å². The zero-order chi connectivity index (χ0) is 17.7. The van der Waals surface area contributed by atoms with Crippen molar-refractivity contribution in [3.05, 3.63) is 70.8 Å². The first kappa shape index (κ1) is 17.1. The van der Waals surface area contributed by atoms with Gasteiger partial charge < -0.3 is 11.1 Å². The summed E-state index contributed by atoms with van der Waals surface area (Å²) < 4.78 is 26.9. The minimum atomic E-state index is -1.31. The minimum Gasteiger partial charge on any atom is -0.368 e. The number of carbonyl (C=O) groups is 2. The lowest BCUT2D eigenvalue weighted by Gasteiger charge is -2.16. The number of nitrogens with zero attached hydrogens (tertiary/aromatic N) is 1. The lowest BCUT2D eigenvalue weighted by atomic mass is 10.00. The highest BCUT2D eigenvalue weighted by Gasteiger charge is 2.23. The maximum atomic E-state index is 13.7. The molecule has 2 amide bonds. The van der Waals surface area contributed by atoms with Gasteiger partial charge >= 0.3 is 0 Å². The summed E-state index contributed by atoms with van der Waals surface area (Å²) in [7, 11) is 0. The van der Waals surface area contributed by atoms with E-state index < -0.39 is 35.1 Å². The van der Waals surface area contributed by atoms with Crippen LogP contribution in [0.4, 0.5) is 8.78 Å². The molecule has 24 heavy (non-hydrogen) atoms. The summed E-state index contributed by atoms with van der Waals surface area (Å²) in [6, 6.07) is 10.4. The molecule has 0 spiro atoms. The quantitative estimate of drug-likeness (QED) is 0.873. The Bertz CT molecular complexity index is 831. The number of primary amides is 1. The van der Waals surface area contributed by atoms with Crippen molar-refractivity contribution in [1.82, 2.24) is 5.32 Å². The van der Waals surface area contributed by atoms with Gasteiger partial charge in [-0.3, -0.25) is 9.59 Å². The van der Waals surface area contributed by atoms with E-state index in [-0.39, 0.29) is 6.42 Å². The molecule has 0 unspecified atom stereocenters. The fourth-order valence-corrected chi connectivity index (χ4v) is 2.17. The van der Waals surface area contributed by atoms with E-state index in [1.54, 1.807) is 24.3 Å². The van der Waals surface area contributed by atoms with E-state index in [9.17, 15) is 18.4 Å². The fourth-order valence-electron chi connectivity index (χ4n) is 2.17. The van der Waals surface area contributed by atoms with E-state index in [1.807, 2.05) is 6.07 Å². The highest BCUT2D eigenvalue weighted by molar-refractivity contribution is 5.97. The third-order valence-electron chi connectivity index (χ3n) is 3.41. The Morgan fingerprint density at radius 2 is 1.88 bits per heavy atom. The number of nitrogens with two attached hydrogens (primary N) is 1. The second-order valence-electron chi connectivity index (χ2n) is 5.00. The molecule has 0 aliphatic heterocycles. The summed E-state index contributed by atoms with van der Waals surface area (Å²) in [6.07, 6.45) is -0.0399. The normalized spacial score (nSPS) is 11.4. The Kier molecular flexibility index (Phi) is 5.22. The highest BCUT2D eigenvalue weighted by Crippen LogP contribution is 2.13. The number of benzene rings is 2. The first-order valence-corrected chi connectivity index (χ1v) is 6.96. The Balaban J connectivity index is 2.23. The van der Waals surface area contributed by atoms with Crippen molar-refractivity contribution >= 4 is 11.8 Å². The summed E-state index contributed by atoms with van der Waals surface area (Å²) in [5.74, 6) is -4.30. The van der Waals surface area contributed by atoms with Gasteiger partial charge in [-0.1, -0.05) is 24.3 Å². The van der Waals surface area contributed by atoms with Crippen LogP contribution < -0.4 is 11.1 Å². The number of nitriles is 1. The molecule has 2 rings (SSSR count). The van der Waals surface area contributed by atoms with Crippen LogP contribution in [0.1, 0.15) is 21.5 Å². The molecule has 7 heteroatoms. The molecule has 122 valence electrons. The van der Waals surface area contributed by atoms with Crippen LogP contribution in [0.2, 0.25) is 0 Å². The van der Waals surface area contributed by atoms with E-state index >= 15 is 0 Å². The van der Waals surface area contributed by atoms with Gasteiger partial charge in [0.2, 0.25) is 5.91 Å². The van der Waals surface area contributed by atoms with E-state index in [4.69, 9.17) is 11.0 Å². The van der Waals surface area contributed by atoms with Gasteiger partial charge in [-0.25, -0.2) is 8.78 Å². The predicted octanol–water partition coefficient (Wildman–Crippen LogP) is 1.66. The summed E-state index contributed by atoms with van der Waals surface area (Å²) in [5.41, 5.74) is 5.57. The number of hydrogen-bond donors (Lipinski definition) is 2. The summed E-state index contributed by atoms with van der Waals surface area (Å²) in [4.78, 5) is 23.7. The van der Waals surface area contributed by atoms with Gasteiger partial charge in [0.1, 0.15) is 6.04 Å². The second-order valence-corrected chi connectivity index (χ2v) is 5.00. The Labute approximate surface area is 136 Å². The molecule has 0 aliphatic carbocycles. The monoisotopic (exact) mass is 329 g/mol. The molecule has 3 N–H and O–H groups in total. The molecular formula is C17H13F2N3O2. The molecule has 0 saturated carbocycles. The molecule has 5 nitrogen and oxygen atoms in total. The van der Waals surface area contributed by atoms with Crippen LogP contribution in [0.3, 0.4) is 0 Å². The number of halogens is 2. The van der Waals surface area contributed by atoms with Gasteiger partial charge in [-0.2, -0.15) is 5.26 Å². The van der Waals surface area contributed by atoms with Crippen molar-refractivity contribution < 1.29 is 18.4 Å². The SMILES string of the molecule is N#Cc1ccccc1C[C@@H](NC(=O)c1cccc(F)c1F)C(N)=O. The van der Waals surface area contributed by atoms with Gasteiger partial charge in [0.25, 0.3) is 5.91 Å². The summed E-state index contributed by atoms with van der Waals surface area (Å²) in [5, 5.41) is 11.3. The molecule has 0 heterocycles. The Hall–Kier alpha value is -3.27. The molecule has 0 aromatic heterocycles. The van der Waals surface area contributed by atoms with E-state index in [2.05, 4.69) is 5.32 Å². The molecule has 0 bridgehead atoms. The first-order valence-electron chi connectivity index (χ1n) is 6.96. The molecule has 0 saturated heterocycles. The standard InChI is InChI=1S/C17H13F2N3O2/c18-13-7-3-6-12(15(13)19)17(24)22-14(16(21)23)8-10-4-1-2-5-11(10)9-20/h1-7,14H,8H2,(H2,21,23)(H,22,24)/t14-/m1/s1. The number of carbonyl (C=O) groups excluding carboxylic acids is 2. The maximum absolute atomic E-state index is 13.7. The Morgan fingerprint density at radius 1 is 1.17 bits per heavy atom. The fraction of sp³-hybridized carbons (Fsp3) is 0.118. The minimum absolute atomic E-state index is 0.0399. The molecule has 2 aromatic carbocycles. The van der Waals surface area contributed by atoms with Crippen LogP contribution in [0.5, 0.6) is 0 Å². The van der Waals surface area contributed by atoms with Crippen molar-refractivity contribution in [2.45, 2.75) is 12.5 Å². The van der Waals surface area contributed by atoms with Crippen molar-refractivity contribution in [1.29, 1.82) is 5.26 Å². The van der Waals surface area contributed by atoms with Gasteiger partial charge in [-0.05, 0) is 23.8 Å². The van der Waals surface area contributed by atoms with Crippen LogP contribution in [0, 0.1) is 23.0 Å². The average molecular weight is 329 g/mol. The largest absolute Gasteiger partial charge is 0.368 e. The van der Waals surface area contributed by atoms with E-state index in [1.165, 1.54) is 6.07 Å². The van der Waals surface area contributed by atoms with Crippen molar-refractivity contribution in [2.24, 2.45) is 5.73 Å². The van der Waals surface area contributed by atoms with E-state index in [0.717, 1.165) is 12.1 Å². The van der Waals surface area contributed by atoms with Crippen LogP contribution >= 0.6 is 0 Å². The number of amides is 2. The van der Waals surface area contributed by atoms with Crippen molar-refractivity contribution in [3.63, 3.8) is 0 Å². The summed E-state index contributed by atoms with van der Waals surface area (Å²) in [6.45, 7) is 0. The molecule has 0 radical (unpaired) electrons. The van der Waals surface area contributed by atoms with Crippen molar-refractivity contribution in [2.75, 3.05) is 0 Å². The molecule has 2 aromatic rings. The molecule has 0 aliphatic rings.